The molecule has 0 aliphatic carbocycles. The van der Waals surface area contributed by atoms with Crippen molar-refractivity contribution >= 4 is 0 Å². The second-order valence-electron chi connectivity index (χ2n) is 5.88. The van der Waals surface area contributed by atoms with Gasteiger partial charge in [-0.1, -0.05) is 13.0 Å². The van der Waals surface area contributed by atoms with Gasteiger partial charge in [0.1, 0.15) is 0 Å². The molecule has 0 amide bonds. The van der Waals surface area contributed by atoms with E-state index in [1.165, 1.54) is 38.5 Å². The standard InChI is InChI=1S/C16H26N2O2/c1-13-5-9-18(10-6-13)8-2-7-17-12-14-3-4-15(19)16(20)11-14/h3-4,11,13,17,19-20H,2,5-10,12H2,1H3. The number of phenolic OH excluding ortho intramolecular Hbond substituents is 2. The van der Waals surface area contributed by atoms with E-state index in [2.05, 4.69) is 17.1 Å². The molecule has 0 radical (unpaired) electrons. The number of aromatic hydroxyl groups is 2. The Bertz CT molecular complexity index is 415. The summed E-state index contributed by atoms with van der Waals surface area (Å²) in [5.74, 6) is 0.784. The molecule has 1 aliphatic rings. The molecule has 1 heterocycles. The first-order valence-electron chi connectivity index (χ1n) is 7.59. The minimum atomic E-state index is -0.0620. The summed E-state index contributed by atoms with van der Waals surface area (Å²) >= 11 is 0. The zero-order chi connectivity index (χ0) is 14.4. The van der Waals surface area contributed by atoms with Crippen molar-refractivity contribution in [2.24, 2.45) is 5.92 Å². The van der Waals surface area contributed by atoms with Crippen LogP contribution >= 0.6 is 0 Å². The topological polar surface area (TPSA) is 55.7 Å². The SMILES string of the molecule is CC1CCN(CCCNCc2ccc(O)c(O)c2)CC1. The van der Waals surface area contributed by atoms with E-state index in [0.29, 0.717) is 0 Å². The van der Waals surface area contributed by atoms with Crippen LogP contribution in [0.5, 0.6) is 11.5 Å². The minimum Gasteiger partial charge on any atom is -0.504 e. The van der Waals surface area contributed by atoms with Crippen LogP contribution < -0.4 is 5.32 Å². The molecule has 2 rings (SSSR count). The average Bonchev–Trinajstić information content (AvgIpc) is 2.44. The predicted octanol–water partition coefficient (Wildman–Crippen LogP) is 2.31. The van der Waals surface area contributed by atoms with E-state index in [9.17, 15) is 10.2 Å². The van der Waals surface area contributed by atoms with Gasteiger partial charge in [0.15, 0.2) is 11.5 Å². The molecule has 1 aliphatic heterocycles. The molecule has 0 unspecified atom stereocenters. The van der Waals surface area contributed by atoms with Gasteiger partial charge in [-0.2, -0.15) is 0 Å². The maximum absolute atomic E-state index is 9.41. The molecular weight excluding hydrogens is 252 g/mol. The first-order chi connectivity index (χ1) is 9.65. The molecular formula is C16H26N2O2. The van der Waals surface area contributed by atoms with Crippen LogP contribution in [0.25, 0.3) is 0 Å². The van der Waals surface area contributed by atoms with Crippen molar-refractivity contribution in [3.8, 4) is 11.5 Å². The van der Waals surface area contributed by atoms with Crippen LogP contribution in [-0.4, -0.2) is 41.3 Å². The lowest BCUT2D eigenvalue weighted by atomic mass is 9.99. The number of nitrogens with zero attached hydrogens (tertiary/aromatic N) is 1. The Balaban J connectivity index is 1.58. The molecule has 1 fully saturated rings. The van der Waals surface area contributed by atoms with Gasteiger partial charge in [0.2, 0.25) is 0 Å². The number of rotatable bonds is 6. The summed E-state index contributed by atoms with van der Waals surface area (Å²) in [4.78, 5) is 2.55. The Morgan fingerprint density at radius 3 is 2.65 bits per heavy atom. The first kappa shape index (κ1) is 15.1. The van der Waals surface area contributed by atoms with Gasteiger partial charge in [-0.05, 0) is 69.1 Å². The summed E-state index contributed by atoms with van der Waals surface area (Å²) in [7, 11) is 0. The van der Waals surface area contributed by atoms with Gasteiger partial charge >= 0.3 is 0 Å². The Morgan fingerprint density at radius 2 is 1.95 bits per heavy atom. The van der Waals surface area contributed by atoms with Crippen molar-refractivity contribution in [2.45, 2.75) is 32.7 Å². The summed E-state index contributed by atoms with van der Waals surface area (Å²) in [6.45, 7) is 7.70. The smallest absolute Gasteiger partial charge is 0.157 e. The third-order valence-corrected chi connectivity index (χ3v) is 4.07. The van der Waals surface area contributed by atoms with Gasteiger partial charge in [0, 0.05) is 6.54 Å². The summed E-state index contributed by atoms with van der Waals surface area (Å²) in [6, 6.07) is 4.96. The zero-order valence-corrected chi connectivity index (χ0v) is 12.3. The fourth-order valence-electron chi connectivity index (χ4n) is 2.63. The molecule has 0 bridgehead atoms. The van der Waals surface area contributed by atoms with Crippen LogP contribution in [0.1, 0.15) is 31.7 Å². The molecule has 4 heteroatoms. The van der Waals surface area contributed by atoms with Crippen molar-refractivity contribution < 1.29 is 10.2 Å². The van der Waals surface area contributed by atoms with Crippen LogP contribution in [0.2, 0.25) is 0 Å². The lowest BCUT2D eigenvalue weighted by molar-refractivity contribution is 0.190. The Kier molecular flexibility index (Phi) is 5.68. The van der Waals surface area contributed by atoms with E-state index in [-0.39, 0.29) is 11.5 Å². The number of nitrogens with one attached hydrogen (secondary N) is 1. The molecule has 0 aromatic heterocycles. The summed E-state index contributed by atoms with van der Waals surface area (Å²) < 4.78 is 0. The maximum Gasteiger partial charge on any atom is 0.157 e. The second-order valence-corrected chi connectivity index (χ2v) is 5.88. The van der Waals surface area contributed by atoms with Crippen molar-refractivity contribution in [1.29, 1.82) is 0 Å². The highest BCUT2D eigenvalue weighted by Crippen LogP contribution is 2.24. The third kappa shape index (κ3) is 4.69. The molecule has 0 saturated carbocycles. The van der Waals surface area contributed by atoms with Crippen molar-refractivity contribution in [3.63, 3.8) is 0 Å². The van der Waals surface area contributed by atoms with E-state index < -0.39 is 0 Å². The van der Waals surface area contributed by atoms with E-state index in [0.717, 1.165) is 31.0 Å². The average molecular weight is 278 g/mol. The van der Waals surface area contributed by atoms with Crippen LogP contribution in [-0.2, 0) is 6.54 Å². The van der Waals surface area contributed by atoms with Gasteiger partial charge in [-0.15, -0.1) is 0 Å². The number of likely N-dealkylation sites (tertiary alicyclic amines) is 1. The van der Waals surface area contributed by atoms with Crippen molar-refractivity contribution in [2.75, 3.05) is 26.2 Å². The van der Waals surface area contributed by atoms with Crippen LogP contribution in [0.15, 0.2) is 18.2 Å². The fourth-order valence-corrected chi connectivity index (χ4v) is 2.63. The predicted molar refractivity (Wildman–Crippen MR) is 80.9 cm³/mol. The summed E-state index contributed by atoms with van der Waals surface area (Å²) in [5.41, 5.74) is 0.993. The molecule has 0 spiro atoms. The third-order valence-electron chi connectivity index (χ3n) is 4.07. The normalized spacial score (nSPS) is 17.4. The molecule has 1 aromatic carbocycles. The first-order valence-corrected chi connectivity index (χ1v) is 7.59. The minimum absolute atomic E-state index is 0.0493. The van der Waals surface area contributed by atoms with Gasteiger partial charge < -0.3 is 20.4 Å². The van der Waals surface area contributed by atoms with E-state index in [1.54, 1.807) is 6.07 Å². The quantitative estimate of drug-likeness (QED) is 0.552. The van der Waals surface area contributed by atoms with E-state index in [1.807, 2.05) is 6.07 Å². The van der Waals surface area contributed by atoms with Gasteiger partial charge in [-0.25, -0.2) is 0 Å². The molecule has 20 heavy (non-hydrogen) atoms. The highest BCUT2D eigenvalue weighted by molar-refractivity contribution is 5.40. The number of benzene rings is 1. The maximum atomic E-state index is 9.41. The molecule has 112 valence electrons. The van der Waals surface area contributed by atoms with Gasteiger partial charge in [-0.3, -0.25) is 0 Å². The second kappa shape index (κ2) is 7.50. The monoisotopic (exact) mass is 278 g/mol. The van der Waals surface area contributed by atoms with Gasteiger partial charge in [0.25, 0.3) is 0 Å². The zero-order valence-electron chi connectivity index (χ0n) is 12.3. The summed E-state index contributed by atoms with van der Waals surface area (Å²) in [6.07, 6.45) is 3.82. The number of hydrogen-bond acceptors (Lipinski definition) is 4. The lowest BCUT2D eigenvalue weighted by Crippen LogP contribution is -2.34. The van der Waals surface area contributed by atoms with Crippen LogP contribution in [0.4, 0.5) is 0 Å². The van der Waals surface area contributed by atoms with Crippen molar-refractivity contribution in [1.82, 2.24) is 10.2 Å². The van der Waals surface area contributed by atoms with Gasteiger partial charge in [0.05, 0.1) is 0 Å². The highest BCUT2D eigenvalue weighted by Gasteiger charge is 2.14. The summed E-state index contributed by atoms with van der Waals surface area (Å²) in [5, 5.41) is 22.0. The largest absolute Gasteiger partial charge is 0.504 e. The number of piperidine rings is 1. The highest BCUT2D eigenvalue weighted by atomic mass is 16.3. The molecule has 3 N–H and O–H groups in total. The molecule has 0 atom stereocenters. The molecule has 1 aromatic rings. The van der Waals surface area contributed by atoms with Crippen molar-refractivity contribution in [3.05, 3.63) is 23.8 Å². The molecule has 1 saturated heterocycles. The van der Waals surface area contributed by atoms with E-state index >= 15 is 0 Å². The number of phenols is 2. The van der Waals surface area contributed by atoms with Crippen LogP contribution in [0.3, 0.4) is 0 Å². The number of hydrogen-bond donors (Lipinski definition) is 3. The lowest BCUT2D eigenvalue weighted by Gasteiger charge is -2.30. The van der Waals surface area contributed by atoms with Crippen LogP contribution in [0, 0.1) is 5.92 Å². The van der Waals surface area contributed by atoms with E-state index in [4.69, 9.17) is 0 Å². The Morgan fingerprint density at radius 1 is 1.20 bits per heavy atom. The fraction of sp³-hybridized carbons (Fsp3) is 0.625. The Labute approximate surface area is 121 Å². The molecule has 4 nitrogen and oxygen atoms in total. The Hall–Kier alpha value is -1.26.